The van der Waals surface area contributed by atoms with Crippen molar-refractivity contribution in [2.45, 2.75) is 11.8 Å². The van der Waals surface area contributed by atoms with Crippen molar-refractivity contribution >= 4 is 22.0 Å². The topological polar surface area (TPSA) is 101 Å². The average Bonchev–Trinajstić information content (AvgIpc) is 2.38. The van der Waals surface area contributed by atoms with Crippen LogP contribution in [0.3, 0.4) is 0 Å². The van der Waals surface area contributed by atoms with Gasteiger partial charge >= 0.3 is 11.9 Å². The summed E-state index contributed by atoms with van der Waals surface area (Å²) < 4.78 is 29.7. The van der Waals surface area contributed by atoms with Crippen LogP contribution < -0.4 is 0 Å². The number of hydrogen-bond donors (Lipinski definition) is 1. The van der Waals surface area contributed by atoms with Crippen molar-refractivity contribution in [1.82, 2.24) is 4.31 Å². The van der Waals surface area contributed by atoms with Gasteiger partial charge in [-0.25, -0.2) is 13.2 Å². The molecule has 0 unspecified atom stereocenters. The van der Waals surface area contributed by atoms with Gasteiger partial charge in [0.2, 0.25) is 10.0 Å². The lowest BCUT2D eigenvalue weighted by molar-refractivity contribution is -0.137. The van der Waals surface area contributed by atoms with E-state index in [1.165, 1.54) is 18.2 Å². The predicted octanol–water partition coefficient (Wildman–Crippen LogP) is 0.568. The Morgan fingerprint density at radius 2 is 2.00 bits per heavy atom. The van der Waals surface area contributed by atoms with E-state index in [9.17, 15) is 18.0 Å². The summed E-state index contributed by atoms with van der Waals surface area (Å²) in [6, 6.07) is 5.27. The van der Waals surface area contributed by atoms with Crippen LogP contribution in [-0.4, -0.2) is 50.0 Å². The maximum atomic E-state index is 12.1. The van der Waals surface area contributed by atoms with E-state index in [0.717, 1.165) is 13.1 Å². The van der Waals surface area contributed by atoms with Crippen LogP contribution in [0.25, 0.3) is 0 Å². The second-order valence-electron chi connectivity index (χ2n) is 3.90. The van der Waals surface area contributed by atoms with Gasteiger partial charge in [-0.15, -0.1) is 0 Å². The molecule has 0 heterocycles. The molecule has 0 amide bonds. The van der Waals surface area contributed by atoms with Crippen molar-refractivity contribution < 1.29 is 27.9 Å². The number of nitrogens with zero attached hydrogens (tertiary/aromatic N) is 1. The minimum Gasteiger partial charge on any atom is -0.480 e. The molecule has 1 aromatic rings. The number of carboxylic acid groups (broad SMARTS) is 1. The van der Waals surface area contributed by atoms with Gasteiger partial charge in [-0.3, -0.25) is 4.79 Å². The van der Waals surface area contributed by atoms with Gasteiger partial charge in [0, 0.05) is 7.05 Å². The van der Waals surface area contributed by atoms with Gasteiger partial charge in [0.25, 0.3) is 0 Å². The first-order chi connectivity index (χ1) is 9.28. The minimum atomic E-state index is -3.96. The lowest BCUT2D eigenvalue weighted by Crippen LogP contribution is -2.32. The SMILES string of the molecule is CCOC(=O)c1cccc(S(=O)(=O)N(C)CC(=O)O)c1. The molecular weight excluding hydrogens is 286 g/mol. The summed E-state index contributed by atoms with van der Waals surface area (Å²) in [5, 5.41) is 8.63. The molecule has 0 saturated carbocycles. The van der Waals surface area contributed by atoms with Crippen LogP contribution in [0, 0.1) is 0 Å². The smallest absolute Gasteiger partial charge is 0.338 e. The summed E-state index contributed by atoms with van der Waals surface area (Å²) >= 11 is 0. The highest BCUT2D eigenvalue weighted by molar-refractivity contribution is 7.89. The summed E-state index contributed by atoms with van der Waals surface area (Å²) in [6.45, 7) is 1.15. The summed E-state index contributed by atoms with van der Waals surface area (Å²) in [6.07, 6.45) is 0. The molecule has 0 bridgehead atoms. The minimum absolute atomic E-state index is 0.0941. The van der Waals surface area contributed by atoms with E-state index in [2.05, 4.69) is 0 Å². The Bertz CT molecular complexity index is 610. The lowest BCUT2D eigenvalue weighted by Gasteiger charge is -2.15. The largest absolute Gasteiger partial charge is 0.480 e. The van der Waals surface area contributed by atoms with E-state index in [1.807, 2.05) is 0 Å². The number of carbonyl (C=O) groups excluding carboxylic acids is 1. The molecule has 0 spiro atoms. The first kappa shape index (κ1) is 16.1. The Morgan fingerprint density at radius 1 is 1.35 bits per heavy atom. The highest BCUT2D eigenvalue weighted by Crippen LogP contribution is 2.16. The van der Waals surface area contributed by atoms with Crippen LogP contribution in [0.4, 0.5) is 0 Å². The molecule has 0 aliphatic heterocycles. The number of aliphatic carboxylic acids is 1. The predicted molar refractivity (Wildman–Crippen MR) is 69.9 cm³/mol. The Morgan fingerprint density at radius 3 is 2.55 bits per heavy atom. The van der Waals surface area contributed by atoms with Crippen molar-refractivity contribution in [3.05, 3.63) is 29.8 Å². The Hall–Kier alpha value is -1.93. The van der Waals surface area contributed by atoms with Crippen LogP contribution >= 0.6 is 0 Å². The van der Waals surface area contributed by atoms with Crippen LogP contribution in [0.1, 0.15) is 17.3 Å². The third kappa shape index (κ3) is 3.78. The molecule has 1 rings (SSSR count). The second kappa shape index (κ2) is 6.49. The maximum Gasteiger partial charge on any atom is 0.338 e. The zero-order valence-corrected chi connectivity index (χ0v) is 11.9. The molecule has 0 aliphatic rings. The van der Waals surface area contributed by atoms with Crippen LogP contribution in [0.15, 0.2) is 29.2 Å². The zero-order chi connectivity index (χ0) is 15.3. The highest BCUT2D eigenvalue weighted by Gasteiger charge is 2.23. The molecule has 20 heavy (non-hydrogen) atoms. The summed E-state index contributed by atoms with van der Waals surface area (Å²) in [4.78, 5) is 22.0. The third-order valence-electron chi connectivity index (χ3n) is 2.41. The number of carboxylic acids is 1. The number of benzene rings is 1. The van der Waals surface area contributed by atoms with Crippen molar-refractivity contribution in [1.29, 1.82) is 0 Å². The molecule has 8 heteroatoms. The monoisotopic (exact) mass is 301 g/mol. The van der Waals surface area contributed by atoms with E-state index < -0.39 is 28.5 Å². The number of likely N-dealkylation sites (N-methyl/N-ethyl adjacent to an activating group) is 1. The maximum absolute atomic E-state index is 12.1. The van der Waals surface area contributed by atoms with Gasteiger partial charge in [-0.05, 0) is 25.1 Å². The second-order valence-corrected chi connectivity index (χ2v) is 5.95. The van der Waals surface area contributed by atoms with Gasteiger partial charge in [0.1, 0.15) is 6.54 Å². The van der Waals surface area contributed by atoms with E-state index >= 15 is 0 Å². The molecule has 7 nitrogen and oxygen atoms in total. The Labute approximate surface area is 116 Å². The van der Waals surface area contributed by atoms with E-state index in [1.54, 1.807) is 6.92 Å². The lowest BCUT2D eigenvalue weighted by atomic mass is 10.2. The number of hydrogen-bond acceptors (Lipinski definition) is 5. The molecule has 0 saturated heterocycles. The normalized spacial score (nSPS) is 11.3. The van der Waals surface area contributed by atoms with Crippen LogP contribution in [-0.2, 0) is 19.6 Å². The molecule has 0 radical (unpaired) electrons. The van der Waals surface area contributed by atoms with Crippen molar-refractivity contribution in [2.75, 3.05) is 20.2 Å². The van der Waals surface area contributed by atoms with Gasteiger partial charge < -0.3 is 9.84 Å². The third-order valence-corrected chi connectivity index (χ3v) is 4.21. The fourth-order valence-electron chi connectivity index (χ4n) is 1.45. The average molecular weight is 301 g/mol. The number of ether oxygens (including phenoxy) is 1. The number of carbonyl (C=O) groups is 2. The Balaban J connectivity index is 3.10. The van der Waals surface area contributed by atoms with E-state index in [0.29, 0.717) is 4.31 Å². The quantitative estimate of drug-likeness (QED) is 0.771. The number of sulfonamides is 1. The molecule has 0 aromatic heterocycles. The van der Waals surface area contributed by atoms with Gasteiger partial charge in [0.05, 0.1) is 17.1 Å². The fraction of sp³-hybridized carbons (Fsp3) is 0.333. The van der Waals surface area contributed by atoms with Gasteiger partial charge in [0.15, 0.2) is 0 Å². The summed E-state index contributed by atoms with van der Waals surface area (Å²) in [5.74, 6) is -1.90. The summed E-state index contributed by atoms with van der Waals surface area (Å²) in [5.41, 5.74) is 0.0941. The highest BCUT2D eigenvalue weighted by atomic mass is 32.2. The molecule has 0 atom stereocenters. The first-order valence-corrected chi connectivity index (χ1v) is 7.18. The molecule has 110 valence electrons. The Kier molecular flexibility index (Phi) is 5.23. The molecule has 1 N–H and O–H groups in total. The molecular formula is C12H15NO6S. The van der Waals surface area contributed by atoms with Gasteiger partial charge in [-0.1, -0.05) is 6.07 Å². The fourth-order valence-corrected chi connectivity index (χ4v) is 2.62. The molecule has 0 aliphatic carbocycles. The van der Waals surface area contributed by atoms with Crippen LogP contribution in [0.5, 0.6) is 0 Å². The molecule has 1 aromatic carbocycles. The zero-order valence-electron chi connectivity index (χ0n) is 11.1. The van der Waals surface area contributed by atoms with Crippen molar-refractivity contribution in [3.63, 3.8) is 0 Å². The standard InChI is InChI=1S/C12H15NO6S/c1-3-19-12(16)9-5-4-6-10(7-9)20(17,18)13(2)8-11(14)15/h4-7H,3,8H2,1-2H3,(H,14,15). The van der Waals surface area contributed by atoms with Crippen LogP contribution in [0.2, 0.25) is 0 Å². The number of esters is 1. The van der Waals surface area contributed by atoms with Gasteiger partial charge in [-0.2, -0.15) is 4.31 Å². The van der Waals surface area contributed by atoms with E-state index in [4.69, 9.17) is 9.84 Å². The number of rotatable bonds is 6. The first-order valence-electron chi connectivity index (χ1n) is 5.74. The van der Waals surface area contributed by atoms with Crippen molar-refractivity contribution in [3.8, 4) is 0 Å². The van der Waals surface area contributed by atoms with Crippen molar-refractivity contribution in [2.24, 2.45) is 0 Å². The molecule has 0 fully saturated rings. The van der Waals surface area contributed by atoms with E-state index in [-0.39, 0.29) is 17.1 Å². The summed E-state index contributed by atoms with van der Waals surface area (Å²) in [7, 11) is -2.81.